The monoisotopic (exact) mass is 431 g/mol. The minimum Gasteiger partial charge on any atom is -0.322 e. The minimum absolute atomic E-state index is 0.00757. The van der Waals surface area contributed by atoms with Crippen molar-refractivity contribution in [2.45, 2.75) is 32.7 Å². The van der Waals surface area contributed by atoms with Gasteiger partial charge in [-0.2, -0.15) is 5.10 Å². The molecule has 0 aliphatic carbocycles. The zero-order valence-corrected chi connectivity index (χ0v) is 18.5. The predicted molar refractivity (Wildman–Crippen MR) is 125 cm³/mol. The number of rotatable bonds is 5. The van der Waals surface area contributed by atoms with E-state index in [0.717, 1.165) is 52.7 Å². The number of fused-ring (bicyclic) bond motifs is 1. The third-order valence-electron chi connectivity index (χ3n) is 5.86. The Morgan fingerprint density at radius 2 is 1.90 bits per heavy atom. The molecule has 0 saturated carbocycles. The van der Waals surface area contributed by atoms with E-state index < -0.39 is 0 Å². The number of nitrogens with zero attached hydrogens (tertiary/aromatic N) is 4. The second-order valence-corrected chi connectivity index (χ2v) is 9.05. The van der Waals surface area contributed by atoms with Gasteiger partial charge in [0.15, 0.2) is 0 Å². The lowest BCUT2D eigenvalue weighted by atomic mass is 10.2. The molecule has 1 amide bonds. The van der Waals surface area contributed by atoms with Crippen molar-refractivity contribution in [1.29, 1.82) is 0 Å². The SMILES string of the molecule is Cc1nn(-c2ccccc2)c(C)c1NC(=O)CN1CCC[C@@H]1c1nc2ccccc2s1. The second-order valence-electron chi connectivity index (χ2n) is 7.99. The number of carbonyl (C=O) groups is 1. The molecule has 2 aromatic heterocycles. The minimum atomic E-state index is -0.00757. The molecule has 0 spiro atoms. The fourth-order valence-electron chi connectivity index (χ4n) is 4.34. The van der Waals surface area contributed by atoms with Gasteiger partial charge in [-0.1, -0.05) is 30.3 Å². The van der Waals surface area contributed by atoms with E-state index in [9.17, 15) is 4.79 Å². The van der Waals surface area contributed by atoms with E-state index in [4.69, 9.17) is 4.98 Å². The van der Waals surface area contributed by atoms with Crippen molar-refractivity contribution < 1.29 is 4.79 Å². The zero-order valence-electron chi connectivity index (χ0n) is 17.7. The summed E-state index contributed by atoms with van der Waals surface area (Å²) >= 11 is 1.74. The molecule has 31 heavy (non-hydrogen) atoms. The van der Waals surface area contributed by atoms with Crippen molar-refractivity contribution in [3.8, 4) is 5.69 Å². The summed E-state index contributed by atoms with van der Waals surface area (Å²) in [5.41, 5.74) is 4.57. The van der Waals surface area contributed by atoms with E-state index in [0.29, 0.717) is 6.54 Å². The van der Waals surface area contributed by atoms with Crippen molar-refractivity contribution in [2.24, 2.45) is 0 Å². The number of thiazole rings is 1. The van der Waals surface area contributed by atoms with Crippen LogP contribution in [0.15, 0.2) is 54.6 Å². The fraction of sp³-hybridized carbons (Fsp3) is 0.292. The fourth-order valence-corrected chi connectivity index (χ4v) is 5.47. The Kier molecular flexibility index (Phi) is 5.29. The molecule has 1 fully saturated rings. The van der Waals surface area contributed by atoms with E-state index in [1.807, 2.05) is 61.0 Å². The molecule has 2 aromatic carbocycles. The van der Waals surface area contributed by atoms with E-state index in [-0.39, 0.29) is 11.9 Å². The smallest absolute Gasteiger partial charge is 0.238 e. The summed E-state index contributed by atoms with van der Waals surface area (Å²) in [6.07, 6.45) is 2.12. The highest BCUT2D eigenvalue weighted by molar-refractivity contribution is 7.18. The first-order valence-electron chi connectivity index (χ1n) is 10.6. The first-order chi connectivity index (χ1) is 15.1. The zero-order chi connectivity index (χ0) is 21.4. The first-order valence-corrected chi connectivity index (χ1v) is 11.4. The Balaban J connectivity index is 1.32. The largest absolute Gasteiger partial charge is 0.322 e. The van der Waals surface area contributed by atoms with Crippen molar-refractivity contribution in [3.05, 3.63) is 71.0 Å². The van der Waals surface area contributed by atoms with Gasteiger partial charge in [0.2, 0.25) is 5.91 Å². The molecule has 1 atom stereocenters. The summed E-state index contributed by atoms with van der Waals surface area (Å²) in [5, 5.41) is 8.85. The third-order valence-corrected chi connectivity index (χ3v) is 7.00. The number of amides is 1. The molecule has 5 rings (SSSR count). The molecule has 7 heteroatoms. The molecular weight excluding hydrogens is 406 g/mol. The first kappa shape index (κ1) is 19.9. The number of hydrogen-bond acceptors (Lipinski definition) is 5. The van der Waals surface area contributed by atoms with Gasteiger partial charge in [-0.25, -0.2) is 9.67 Å². The Morgan fingerprint density at radius 1 is 1.13 bits per heavy atom. The van der Waals surface area contributed by atoms with Crippen LogP contribution in [0.2, 0.25) is 0 Å². The Hall–Kier alpha value is -3.03. The van der Waals surface area contributed by atoms with Gasteiger partial charge < -0.3 is 5.32 Å². The second kappa shape index (κ2) is 8.24. The number of aromatic nitrogens is 3. The molecule has 0 bridgehead atoms. The number of hydrogen-bond donors (Lipinski definition) is 1. The molecule has 1 N–H and O–H groups in total. The van der Waals surface area contributed by atoms with Crippen LogP contribution in [-0.2, 0) is 4.79 Å². The van der Waals surface area contributed by atoms with Crippen LogP contribution in [0.25, 0.3) is 15.9 Å². The molecule has 1 aliphatic rings. The lowest BCUT2D eigenvalue weighted by molar-refractivity contribution is -0.117. The van der Waals surface area contributed by atoms with E-state index >= 15 is 0 Å². The summed E-state index contributed by atoms with van der Waals surface area (Å²) in [6, 6.07) is 18.4. The van der Waals surface area contributed by atoms with E-state index in [2.05, 4.69) is 27.4 Å². The maximum absolute atomic E-state index is 13.0. The molecule has 0 unspecified atom stereocenters. The Morgan fingerprint density at radius 3 is 2.71 bits per heavy atom. The number of aryl methyl sites for hydroxylation is 1. The summed E-state index contributed by atoms with van der Waals surface area (Å²) < 4.78 is 3.08. The summed E-state index contributed by atoms with van der Waals surface area (Å²) in [6.45, 7) is 5.19. The van der Waals surface area contributed by atoms with Crippen LogP contribution in [0.4, 0.5) is 5.69 Å². The van der Waals surface area contributed by atoms with Gasteiger partial charge in [0.1, 0.15) is 5.01 Å². The predicted octanol–water partition coefficient (Wildman–Crippen LogP) is 4.87. The summed E-state index contributed by atoms with van der Waals surface area (Å²) in [5.74, 6) is -0.00757. The van der Waals surface area contributed by atoms with E-state index in [1.165, 1.54) is 4.70 Å². The molecule has 1 aliphatic heterocycles. The Labute approximate surface area is 185 Å². The summed E-state index contributed by atoms with van der Waals surface area (Å²) in [4.78, 5) is 20.0. The molecule has 3 heterocycles. The average Bonchev–Trinajstić information content (AvgIpc) is 3.48. The third kappa shape index (κ3) is 3.86. The van der Waals surface area contributed by atoms with Crippen molar-refractivity contribution in [3.63, 3.8) is 0 Å². The van der Waals surface area contributed by atoms with Crippen molar-refractivity contribution >= 4 is 33.1 Å². The normalized spacial score (nSPS) is 16.8. The molecular formula is C24H25N5OS. The highest BCUT2D eigenvalue weighted by Gasteiger charge is 2.30. The summed E-state index contributed by atoms with van der Waals surface area (Å²) in [7, 11) is 0. The number of anilines is 1. The van der Waals surface area contributed by atoms with Gasteiger partial charge in [-0.3, -0.25) is 9.69 Å². The van der Waals surface area contributed by atoms with Gasteiger partial charge in [0.05, 0.1) is 45.6 Å². The lowest BCUT2D eigenvalue weighted by Crippen LogP contribution is -2.33. The number of carbonyl (C=O) groups excluding carboxylic acids is 1. The Bertz CT molecular complexity index is 1200. The van der Waals surface area contributed by atoms with Gasteiger partial charge >= 0.3 is 0 Å². The van der Waals surface area contributed by atoms with E-state index in [1.54, 1.807) is 11.3 Å². The van der Waals surface area contributed by atoms with Crippen LogP contribution in [0.1, 0.15) is 35.3 Å². The molecule has 4 aromatic rings. The van der Waals surface area contributed by atoms with Gasteiger partial charge in [0.25, 0.3) is 0 Å². The quantitative estimate of drug-likeness (QED) is 0.489. The maximum atomic E-state index is 13.0. The molecule has 158 valence electrons. The standard InChI is InChI=1S/C24H25N5OS/c1-16-23(17(2)29(27-16)18-9-4-3-5-10-18)26-22(30)15-28-14-8-12-20(28)24-25-19-11-6-7-13-21(19)31-24/h3-7,9-11,13,20H,8,12,14-15H2,1-2H3,(H,26,30)/t20-/m1/s1. The number of benzene rings is 2. The topological polar surface area (TPSA) is 63.1 Å². The van der Waals surface area contributed by atoms with Crippen LogP contribution in [0.3, 0.4) is 0 Å². The molecule has 0 radical (unpaired) electrons. The van der Waals surface area contributed by atoms with Gasteiger partial charge in [-0.05, 0) is 57.5 Å². The van der Waals surface area contributed by atoms with Crippen molar-refractivity contribution in [2.75, 3.05) is 18.4 Å². The number of nitrogens with one attached hydrogen (secondary N) is 1. The van der Waals surface area contributed by atoms with Crippen molar-refractivity contribution in [1.82, 2.24) is 19.7 Å². The van der Waals surface area contributed by atoms with Crippen LogP contribution in [-0.4, -0.2) is 38.7 Å². The average molecular weight is 432 g/mol. The van der Waals surface area contributed by atoms with Crippen LogP contribution < -0.4 is 5.32 Å². The van der Waals surface area contributed by atoms with Gasteiger partial charge in [0, 0.05) is 0 Å². The van der Waals surface area contributed by atoms with Crippen LogP contribution in [0, 0.1) is 13.8 Å². The maximum Gasteiger partial charge on any atom is 0.238 e. The number of para-hydroxylation sites is 2. The highest BCUT2D eigenvalue weighted by atomic mass is 32.1. The lowest BCUT2D eigenvalue weighted by Gasteiger charge is -2.22. The number of likely N-dealkylation sites (tertiary alicyclic amines) is 1. The highest BCUT2D eigenvalue weighted by Crippen LogP contribution is 2.36. The van der Waals surface area contributed by atoms with Crippen LogP contribution in [0.5, 0.6) is 0 Å². The van der Waals surface area contributed by atoms with Gasteiger partial charge in [-0.15, -0.1) is 11.3 Å². The molecule has 1 saturated heterocycles. The molecule has 6 nitrogen and oxygen atoms in total. The van der Waals surface area contributed by atoms with Crippen LogP contribution >= 0.6 is 11.3 Å².